The number of alkyl halides is 3. The number of nitrogens with one attached hydrogen (secondary N) is 1. The average Bonchev–Trinajstić information content (AvgIpc) is 3.00. The van der Waals surface area contributed by atoms with Gasteiger partial charge in [-0.05, 0) is 31.2 Å². The summed E-state index contributed by atoms with van der Waals surface area (Å²) in [6.45, 7) is 1.98. The molecule has 140 valence electrons. The van der Waals surface area contributed by atoms with Crippen molar-refractivity contribution in [3.8, 4) is 10.6 Å². The summed E-state index contributed by atoms with van der Waals surface area (Å²) in [6, 6.07) is 11.6. The molecule has 1 aromatic heterocycles. The maximum atomic E-state index is 12.8. The lowest BCUT2D eigenvalue weighted by Gasteiger charge is -2.09. The van der Waals surface area contributed by atoms with Gasteiger partial charge < -0.3 is 5.32 Å². The lowest BCUT2D eigenvalue weighted by Crippen LogP contribution is -2.23. The van der Waals surface area contributed by atoms with Crippen LogP contribution in [-0.2, 0) is 12.7 Å². The molecule has 8 heteroatoms. The summed E-state index contributed by atoms with van der Waals surface area (Å²) in [5.41, 5.74) is 0.630. The average molecular weight is 411 g/mol. The largest absolute Gasteiger partial charge is 0.416 e. The van der Waals surface area contributed by atoms with Crippen molar-refractivity contribution in [3.63, 3.8) is 0 Å². The Bertz CT molecular complexity index is 985. The van der Waals surface area contributed by atoms with E-state index in [0.717, 1.165) is 33.3 Å². The van der Waals surface area contributed by atoms with E-state index in [-0.39, 0.29) is 12.1 Å². The molecule has 1 N–H and O–H groups in total. The molecule has 0 aliphatic rings. The van der Waals surface area contributed by atoms with Crippen LogP contribution in [-0.4, -0.2) is 10.9 Å². The van der Waals surface area contributed by atoms with Crippen LogP contribution in [0.2, 0.25) is 5.02 Å². The van der Waals surface area contributed by atoms with Crippen LogP contribution in [0.4, 0.5) is 13.2 Å². The highest BCUT2D eigenvalue weighted by atomic mass is 35.5. The first-order valence-corrected chi connectivity index (χ1v) is 9.12. The Kier molecular flexibility index (Phi) is 5.53. The van der Waals surface area contributed by atoms with Gasteiger partial charge in [0.2, 0.25) is 0 Å². The number of aromatic nitrogens is 1. The van der Waals surface area contributed by atoms with Gasteiger partial charge in [0.15, 0.2) is 0 Å². The second kappa shape index (κ2) is 7.70. The van der Waals surface area contributed by atoms with Crippen molar-refractivity contribution >= 4 is 28.8 Å². The zero-order valence-electron chi connectivity index (χ0n) is 14.1. The molecule has 0 atom stereocenters. The Balaban J connectivity index is 1.74. The van der Waals surface area contributed by atoms with E-state index in [1.54, 1.807) is 6.07 Å². The summed E-state index contributed by atoms with van der Waals surface area (Å²) in [4.78, 5) is 17.5. The Morgan fingerprint density at radius 3 is 2.63 bits per heavy atom. The third-order valence-corrected chi connectivity index (χ3v) is 5.38. The molecular weight excluding hydrogens is 397 g/mol. The van der Waals surface area contributed by atoms with Gasteiger partial charge in [-0.15, -0.1) is 11.3 Å². The van der Waals surface area contributed by atoms with Gasteiger partial charge in [-0.25, -0.2) is 4.98 Å². The molecule has 1 heterocycles. The Morgan fingerprint density at radius 1 is 1.19 bits per heavy atom. The molecule has 3 rings (SSSR count). The van der Waals surface area contributed by atoms with Gasteiger partial charge >= 0.3 is 6.18 Å². The first-order valence-electron chi connectivity index (χ1n) is 7.92. The number of amides is 1. The van der Waals surface area contributed by atoms with Crippen LogP contribution in [0.1, 0.15) is 26.5 Å². The molecule has 2 aromatic carbocycles. The minimum absolute atomic E-state index is 0.0432. The maximum absolute atomic E-state index is 12.8. The number of carbonyl (C=O) groups excluding carboxylic acids is 1. The molecule has 3 nitrogen and oxygen atoms in total. The molecular formula is C19H14ClF3N2OS. The molecule has 0 spiro atoms. The summed E-state index contributed by atoms with van der Waals surface area (Å²) in [5.74, 6) is -0.576. The second-order valence-electron chi connectivity index (χ2n) is 5.77. The van der Waals surface area contributed by atoms with Crippen LogP contribution in [0.3, 0.4) is 0 Å². The third kappa shape index (κ3) is 4.48. The maximum Gasteiger partial charge on any atom is 0.416 e. The topological polar surface area (TPSA) is 42.0 Å². The molecule has 0 saturated heterocycles. The summed E-state index contributed by atoms with van der Waals surface area (Å²) < 4.78 is 38.3. The fourth-order valence-electron chi connectivity index (χ4n) is 2.44. The summed E-state index contributed by atoms with van der Waals surface area (Å²) >= 11 is 7.57. The van der Waals surface area contributed by atoms with E-state index >= 15 is 0 Å². The zero-order valence-corrected chi connectivity index (χ0v) is 15.7. The van der Waals surface area contributed by atoms with E-state index in [1.807, 2.05) is 25.1 Å². The first kappa shape index (κ1) is 19.4. The van der Waals surface area contributed by atoms with Gasteiger partial charge in [-0.2, -0.15) is 13.2 Å². The molecule has 27 heavy (non-hydrogen) atoms. The minimum Gasteiger partial charge on any atom is -0.347 e. The van der Waals surface area contributed by atoms with E-state index in [2.05, 4.69) is 10.3 Å². The van der Waals surface area contributed by atoms with Crippen LogP contribution >= 0.6 is 22.9 Å². The Hall–Kier alpha value is -2.38. The molecule has 0 saturated carbocycles. The molecule has 3 aromatic rings. The number of hydrogen-bond acceptors (Lipinski definition) is 3. The predicted molar refractivity (Wildman–Crippen MR) is 99.9 cm³/mol. The molecule has 0 unspecified atom stereocenters. The number of thiazole rings is 1. The zero-order chi connectivity index (χ0) is 19.6. The van der Waals surface area contributed by atoms with Gasteiger partial charge in [0, 0.05) is 16.0 Å². The lowest BCUT2D eigenvalue weighted by molar-refractivity contribution is -0.137. The number of aryl methyl sites for hydroxylation is 1. The summed E-state index contributed by atoms with van der Waals surface area (Å²) in [7, 11) is 0. The third-order valence-electron chi connectivity index (χ3n) is 3.86. The highest BCUT2D eigenvalue weighted by Crippen LogP contribution is 2.33. The van der Waals surface area contributed by atoms with Gasteiger partial charge in [0.05, 0.1) is 22.8 Å². The Morgan fingerprint density at radius 2 is 1.93 bits per heavy atom. The van der Waals surface area contributed by atoms with Crippen molar-refractivity contribution in [2.45, 2.75) is 19.6 Å². The van der Waals surface area contributed by atoms with E-state index in [0.29, 0.717) is 5.02 Å². The van der Waals surface area contributed by atoms with E-state index in [9.17, 15) is 18.0 Å². The van der Waals surface area contributed by atoms with Crippen molar-refractivity contribution in [1.82, 2.24) is 10.3 Å². The number of benzene rings is 2. The first-order chi connectivity index (χ1) is 12.8. The van der Waals surface area contributed by atoms with Crippen LogP contribution in [0, 0.1) is 6.92 Å². The minimum atomic E-state index is -4.49. The standard InChI is InChI=1S/C19H14ClF3N2OS/c1-11-16(27-18(25-11)14-7-2-3-8-15(14)20)10-24-17(26)12-5-4-6-13(9-12)19(21,22)23/h2-9H,10H2,1H3,(H,24,26). The van der Waals surface area contributed by atoms with Gasteiger partial charge in [-0.1, -0.05) is 35.9 Å². The van der Waals surface area contributed by atoms with Crippen molar-refractivity contribution in [2.24, 2.45) is 0 Å². The highest BCUT2D eigenvalue weighted by Gasteiger charge is 2.30. The number of rotatable bonds is 4. The lowest BCUT2D eigenvalue weighted by atomic mass is 10.1. The van der Waals surface area contributed by atoms with Crippen molar-refractivity contribution in [2.75, 3.05) is 0 Å². The SMILES string of the molecule is Cc1nc(-c2ccccc2Cl)sc1CNC(=O)c1cccc(C(F)(F)F)c1. The van der Waals surface area contributed by atoms with E-state index in [1.165, 1.54) is 23.5 Å². The van der Waals surface area contributed by atoms with E-state index in [4.69, 9.17) is 11.6 Å². The van der Waals surface area contributed by atoms with E-state index < -0.39 is 17.6 Å². The molecule has 0 fully saturated rings. The van der Waals surface area contributed by atoms with Crippen LogP contribution in [0.15, 0.2) is 48.5 Å². The molecule has 0 bridgehead atoms. The normalized spacial score (nSPS) is 11.4. The smallest absolute Gasteiger partial charge is 0.347 e. The number of halogens is 4. The van der Waals surface area contributed by atoms with Crippen LogP contribution in [0.25, 0.3) is 10.6 Å². The van der Waals surface area contributed by atoms with Gasteiger partial charge in [0.1, 0.15) is 5.01 Å². The molecule has 0 radical (unpaired) electrons. The highest BCUT2D eigenvalue weighted by molar-refractivity contribution is 7.15. The quantitative estimate of drug-likeness (QED) is 0.597. The van der Waals surface area contributed by atoms with Crippen molar-refractivity contribution in [3.05, 3.63) is 75.3 Å². The number of carbonyl (C=O) groups is 1. The van der Waals surface area contributed by atoms with Crippen molar-refractivity contribution < 1.29 is 18.0 Å². The summed E-state index contributed by atoms with van der Waals surface area (Å²) in [5, 5.41) is 3.94. The summed E-state index contributed by atoms with van der Waals surface area (Å²) in [6.07, 6.45) is -4.49. The monoisotopic (exact) mass is 410 g/mol. The molecule has 0 aliphatic carbocycles. The fraction of sp³-hybridized carbons (Fsp3) is 0.158. The number of nitrogens with zero attached hydrogens (tertiary/aromatic N) is 1. The predicted octanol–water partition coefficient (Wildman–Crippen LogP) is 5.72. The fourth-order valence-corrected chi connectivity index (χ4v) is 3.76. The van der Waals surface area contributed by atoms with Crippen molar-refractivity contribution in [1.29, 1.82) is 0 Å². The van der Waals surface area contributed by atoms with Gasteiger partial charge in [0.25, 0.3) is 5.91 Å². The van der Waals surface area contributed by atoms with Crippen LogP contribution in [0.5, 0.6) is 0 Å². The molecule has 1 amide bonds. The van der Waals surface area contributed by atoms with Gasteiger partial charge in [-0.3, -0.25) is 4.79 Å². The Labute approximate surface area is 162 Å². The van der Waals surface area contributed by atoms with Crippen LogP contribution < -0.4 is 5.32 Å². The number of hydrogen-bond donors (Lipinski definition) is 1. The molecule has 0 aliphatic heterocycles. The second-order valence-corrected chi connectivity index (χ2v) is 7.26.